The van der Waals surface area contributed by atoms with Gasteiger partial charge in [0.15, 0.2) is 0 Å². The van der Waals surface area contributed by atoms with Gasteiger partial charge in [-0.2, -0.15) is 0 Å². The lowest BCUT2D eigenvalue weighted by atomic mass is 10.0. The second-order valence-corrected chi connectivity index (χ2v) is 5.14. The van der Waals surface area contributed by atoms with Crippen molar-refractivity contribution in [3.63, 3.8) is 0 Å². The molecule has 0 amide bonds. The Labute approximate surface area is 142 Å². The Morgan fingerprint density at radius 1 is 0.760 bits per heavy atom. The van der Waals surface area contributed by atoms with Crippen LogP contribution in [0.1, 0.15) is 11.1 Å². The average molecular weight is 339 g/mol. The van der Waals surface area contributed by atoms with Crippen LogP contribution in [0.3, 0.4) is 0 Å². The number of rotatable bonds is 2. The molecule has 0 bridgehead atoms. The van der Waals surface area contributed by atoms with E-state index in [0.29, 0.717) is 5.56 Å². The molecule has 0 N–H and O–H groups in total. The maximum absolute atomic E-state index is 12.4. The first kappa shape index (κ1) is 16.6. The lowest BCUT2D eigenvalue weighted by molar-refractivity contribution is -0.274. The molecule has 3 aromatic rings. The van der Waals surface area contributed by atoms with Crippen molar-refractivity contribution in [2.24, 2.45) is 0 Å². The van der Waals surface area contributed by atoms with E-state index in [0.717, 1.165) is 16.7 Å². The van der Waals surface area contributed by atoms with E-state index in [2.05, 4.69) is 21.6 Å². The highest BCUT2D eigenvalue weighted by molar-refractivity contribution is 5.67. The van der Waals surface area contributed by atoms with Gasteiger partial charge in [-0.15, -0.1) is 13.2 Å². The predicted octanol–water partition coefficient (Wildman–Crippen LogP) is 5.05. The van der Waals surface area contributed by atoms with Crippen LogP contribution in [0.2, 0.25) is 0 Å². The Hall–Kier alpha value is -3.26. The summed E-state index contributed by atoms with van der Waals surface area (Å²) >= 11 is 0. The third kappa shape index (κ3) is 4.85. The first-order valence-electron chi connectivity index (χ1n) is 7.38. The van der Waals surface area contributed by atoms with E-state index in [1.54, 1.807) is 30.6 Å². The van der Waals surface area contributed by atoms with E-state index >= 15 is 0 Å². The summed E-state index contributed by atoms with van der Waals surface area (Å²) in [7, 11) is 0. The zero-order chi connectivity index (χ0) is 17.7. The fraction of sp³-hybridized carbons (Fsp3) is 0.0500. The molecule has 25 heavy (non-hydrogen) atoms. The Balaban J connectivity index is 1.87. The highest BCUT2D eigenvalue weighted by Crippen LogP contribution is 2.28. The smallest absolute Gasteiger partial charge is 0.406 e. The minimum atomic E-state index is -4.71. The van der Waals surface area contributed by atoms with Crippen LogP contribution in [0.4, 0.5) is 13.2 Å². The van der Waals surface area contributed by atoms with Gasteiger partial charge in [0.1, 0.15) is 5.75 Å². The molecule has 1 heterocycles. The first-order chi connectivity index (χ1) is 12.0. The summed E-state index contributed by atoms with van der Waals surface area (Å²) < 4.78 is 41.0. The minimum Gasteiger partial charge on any atom is -0.406 e. The summed E-state index contributed by atoms with van der Waals surface area (Å²) in [4.78, 5) is 3.93. The number of halogens is 3. The predicted molar refractivity (Wildman–Crippen MR) is 88.8 cm³/mol. The quantitative estimate of drug-likeness (QED) is 0.610. The van der Waals surface area contributed by atoms with E-state index in [4.69, 9.17) is 0 Å². The number of pyridine rings is 1. The van der Waals surface area contributed by atoms with Gasteiger partial charge in [-0.3, -0.25) is 4.98 Å². The van der Waals surface area contributed by atoms with Gasteiger partial charge in [-0.05, 0) is 47.5 Å². The molecular formula is C20H12F3NO. The first-order valence-corrected chi connectivity index (χ1v) is 7.38. The Morgan fingerprint density at radius 3 is 2.12 bits per heavy atom. The molecule has 3 rings (SSSR count). The number of aromatic nitrogens is 1. The molecule has 5 heteroatoms. The molecule has 0 saturated carbocycles. The van der Waals surface area contributed by atoms with Crippen LogP contribution < -0.4 is 4.74 Å². The summed E-state index contributed by atoms with van der Waals surface area (Å²) in [6.07, 6.45) is -1.39. The van der Waals surface area contributed by atoms with Gasteiger partial charge >= 0.3 is 6.36 Å². The standard InChI is InChI=1S/C20H12F3NO/c21-20(22,23)25-19-6-2-5-18(14-19)17-4-1-3-16(13-17)8-7-15-9-11-24-12-10-15/h1-6,9-14H. The largest absolute Gasteiger partial charge is 0.573 e. The average Bonchev–Trinajstić information content (AvgIpc) is 2.60. The van der Waals surface area contributed by atoms with Crippen LogP contribution in [0, 0.1) is 11.8 Å². The van der Waals surface area contributed by atoms with Crippen molar-refractivity contribution in [1.29, 1.82) is 0 Å². The molecule has 0 aliphatic heterocycles. The third-order valence-electron chi connectivity index (χ3n) is 3.30. The van der Waals surface area contributed by atoms with Crippen LogP contribution in [0.5, 0.6) is 5.75 Å². The lowest BCUT2D eigenvalue weighted by Gasteiger charge is -2.10. The Morgan fingerprint density at radius 2 is 1.40 bits per heavy atom. The molecule has 2 nitrogen and oxygen atoms in total. The topological polar surface area (TPSA) is 22.1 Å². The molecule has 0 atom stereocenters. The van der Waals surface area contributed by atoms with Gasteiger partial charge < -0.3 is 4.74 Å². The molecular weight excluding hydrogens is 327 g/mol. The molecule has 124 valence electrons. The number of ether oxygens (including phenoxy) is 1. The number of hydrogen-bond acceptors (Lipinski definition) is 2. The van der Waals surface area contributed by atoms with Crippen molar-refractivity contribution in [1.82, 2.24) is 4.98 Å². The van der Waals surface area contributed by atoms with Gasteiger partial charge in [-0.1, -0.05) is 36.1 Å². The second-order valence-electron chi connectivity index (χ2n) is 5.14. The van der Waals surface area contributed by atoms with Crippen molar-refractivity contribution in [2.75, 3.05) is 0 Å². The van der Waals surface area contributed by atoms with E-state index in [9.17, 15) is 13.2 Å². The SMILES string of the molecule is FC(F)(F)Oc1cccc(-c2cccc(C#Cc3ccncc3)c2)c1. The summed E-state index contributed by atoms with van der Waals surface area (Å²) in [5, 5.41) is 0. The molecule has 0 aliphatic carbocycles. The normalized spacial score (nSPS) is 10.7. The molecule has 0 spiro atoms. The second kappa shape index (κ2) is 7.10. The van der Waals surface area contributed by atoms with Gasteiger partial charge in [0.25, 0.3) is 0 Å². The van der Waals surface area contributed by atoms with E-state index in [1.807, 2.05) is 24.3 Å². The Bertz CT molecular complexity index is 925. The molecule has 0 aliphatic rings. The van der Waals surface area contributed by atoms with Crippen molar-refractivity contribution in [3.8, 4) is 28.7 Å². The van der Waals surface area contributed by atoms with Crippen LogP contribution >= 0.6 is 0 Å². The van der Waals surface area contributed by atoms with Gasteiger partial charge in [0, 0.05) is 23.5 Å². The molecule has 0 saturated heterocycles. The molecule has 1 aromatic heterocycles. The number of benzene rings is 2. The van der Waals surface area contributed by atoms with Crippen molar-refractivity contribution < 1.29 is 17.9 Å². The maximum Gasteiger partial charge on any atom is 0.573 e. The Kier molecular flexibility index (Phi) is 4.71. The molecule has 2 aromatic carbocycles. The zero-order valence-corrected chi connectivity index (χ0v) is 12.9. The summed E-state index contributed by atoms with van der Waals surface area (Å²) in [5.74, 6) is 5.80. The maximum atomic E-state index is 12.4. The van der Waals surface area contributed by atoms with Gasteiger partial charge in [0.2, 0.25) is 0 Å². The number of alkyl halides is 3. The van der Waals surface area contributed by atoms with Crippen molar-refractivity contribution >= 4 is 0 Å². The number of nitrogens with zero attached hydrogens (tertiary/aromatic N) is 1. The monoisotopic (exact) mass is 339 g/mol. The minimum absolute atomic E-state index is 0.252. The zero-order valence-electron chi connectivity index (χ0n) is 12.9. The van der Waals surface area contributed by atoms with Gasteiger partial charge in [0.05, 0.1) is 0 Å². The molecule has 0 fully saturated rings. The van der Waals surface area contributed by atoms with Crippen LogP contribution in [-0.4, -0.2) is 11.3 Å². The van der Waals surface area contributed by atoms with Gasteiger partial charge in [-0.25, -0.2) is 0 Å². The molecule has 0 unspecified atom stereocenters. The fourth-order valence-electron chi connectivity index (χ4n) is 2.23. The van der Waals surface area contributed by atoms with E-state index < -0.39 is 6.36 Å². The van der Waals surface area contributed by atoms with Crippen molar-refractivity contribution in [2.45, 2.75) is 6.36 Å². The fourth-order valence-corrected chi connectivity index (χ4v) is 2.23. The number of hydrogen-bond donors (Lipinski definition) is 0. The molecule has 0 radical (unpaired) electrons. The van der Waals surface area contributed by atoms with E-state index in [-0.39, 0.29) is 5.75 Å². The van der Waals surface area contributed by atoms with Crippen LogP contribution in [-0.2, 0) is 0 Å². The third-order valence-corrected chi connectivity index (χ3v) is 3.30. The highest BCUT2D eigenvalue weighted by atomic mass is 19.4. The summed E-state index contributed by atoms with van der Waals surface area (Å²) in [6, 6.07) is 16.7. The summed E-state index contributed by atoms with van der Waals surface area (Å²) in [5.41, 5.74) is 2.97. The van der Waals surface area contributed by atoms with Crippen molar-refractivity contribution in [3.05, 3.63) is 84.2 Å². The van der Waals surface area contributed by atoms with Crippen LogP contribution in [0.25, 0.3) is 11.1 Å². The van der Waals surface area contributed by atoms with E-state index in [1.165, 1.54) is 18.2 Å². The van der Waals surface area contributed by atoms with Crippen LogP contribution in [0.15, 0.2) is 73.1 Å². The lowest BCUT2D eigenvalue weighted by Crippen LogP contribution is -2.17. The summed E-state index contributed by atoms with van der Waals surface area (Å²) in [6.45, 7) is 0. The highest BCUT2D eigenvalue weighted by Gasteiger charge is 2.31.